The van der Waals surface area contributed by atoms with E-state index in [0.29, 0.717) is 29.7 Å². The van der Waals surface area contributed by atoms with E-state index >= 15 is 0 Å². The first-order chi connectivity index (χ1) is 13.0. The predicted molar refractivity (Wildman–Crippen MR) is 104 cm³/mol. The summed E-state index contributed by atoms with van der Waals surface area (Å²) in [5, 5.41) is 5.23. The molecule has 0 radical (unpaired) electrons. The van der Waals surface area contributed by atoms with Gasteiger partial charge in [0.2, 0.25) is 5.88 Å². The Morgan fingerprint density at radius 2 is 2.30 bits per heavy atom. The molecule has 2 unspecified atom stereocenters. The molecule has 1 aromatic carbocycles. The largest absolute Gasteiger partial charge is 0.490 e. The average molecular weight is 369 g/mol. The molecule has 4 rings (SSSR count). The predicted octanol–water partition coefficient (Wildman–Crippen LogP) is 2.89. The molecular weight excluding hydrogens is 342 g/mol. The summed E-state index contributed by atoms with van der Waals surface area (Å²) < 4.78 is 12.1. The summed E-state index contributed by atoms with van der Waals surface area (Å²) in [5.74, 6) is 1.25. The first kappa shape index (κ1) is 18.0. The molecule has 6 nitrogen and oxygen atoms in total. The first-order valence-electron chi connectivity index (χ1n) is 9.71. The fourth-order valence-electron chi connectivity index (χ4n) is 4.54. The molecule has 0 bridgehead atoms. The molecule has 1 aromatic heterocycles. The minimum absolute atomic E-state index is 0.0655. The number of nitrogens with two attached hydrogens (primary N) is 1. The second-order valence-corrected chi connectivity index (χ2v) is 8.09. The summed E-state index contributed by atoms with van der Waals surface area (Å²) >= 11 is 0. The Hall–Kier alpha value is -2.34. The van der Waals surface area contributed by atoms with Crippen molar-refractivity contribution in [2.24, 2.45) is 17.1 Å². The normalized spacial score (nSPS) is 24.3. The van der Waals surface area contributed by atoms with Gasteiger partial charge >= 0.3 is 0 Å². The quantitative estimate of drug-likeness (QED) is 0.818. The van der Waals surface area contributed by atoms with Crippen molar-refractivity contribution in [1.82, 2.24) is 10.3 Å². The number of carbonyl (C=O) groups is 1. The highest BCUT2D eigenvalue weighted by atomic mass is 16.5. The summed E-state index contributed by atoms with van der Waals surface area (Å²) in [6, 6.07) is 5.45. The van der Waals surface area contributed by atoms with Crippen LogP contribution >= 0.6 is 0 Å². The molecule has 27 heavy (non-hydrogen) atoms. The summed E-state index contributed by atoms with van der Waals surface area (Å²) in [6.45, 7) is 6.59. The maximum Gasteiger partial charge on any atom is 0.252 e. The van der Waals surface area contributed by atoms with Crippen molar-refractivity contribution >= 4 is 16.7 Å². The van der Waals surface area contributed by atoms with E-state index in [2.05, 4.69) is 10.3 Å². The average Bonchev–Trinajstić information content (AvgIpc) is 3.18. The molecule has 0 spiro atoms. The number of benzene rings is 1. The van der Waals surface area contributed by atoms with Gasteiger partial charge in [-0.1, -0.05) is 6.42 Å². The Balaban J connectivity index is 1.67. The molecule has 2 aromatic rings. The molecular formula is C21H27N3O3. The number of fused-ring (bicyclic) bond motifs is 2. The molecule has 2 aliphatic rings. The van der Waals surface area contributed by atoms with Crippen LogP contribution in [0.25, 0.3) is 10.8 Å². The van der Waals surface area contributed by atoms with E-state index in [1.165, 1.54) is 19.3 Å². The Morgan fingerprint density at radius 1 is 1.44 bits per heavy atom. The van der Waals surface area contributed by atoms with Crippen LogP contribution in [0.3, 0.4) is 0 Å². The van der Waals surface area contributed by atoms with Crippen LogP contribution in [0.1, 0.15) is 43.5 Å². The van der Waals surface area contributed by atoms with Crippen molar-refractivity contribution in [3.63, 3.8) is 0 Å². The number of ether oxygens (including phenoxy) is 2. The second kappa shape index (κ2) is 7.00. The molecule has 1 amide bonds. The first-order valence-corrected chi connectivity index (χ1v) is 9.71. The number of pyridine rings is 1. The molecule has 2 fully saturated rings. The molecule has 144 valence electrons. The maximum absolute atomic E-state index is 11.8. The fourth-order valence-corrected chi connectivity index (χ4v) is 4.54. The molecule has 1 aliphatic heterocycles. The van der Waals surface area contributed by atoms with Crippen LogP contribution < -0.4 is 20.5 Å². The standard InChI is InChI=1S/C21H27N3O3/c1-13(2)27-18-9-16-14(8-17(18)19(22)25)5-7-24-20(16)26-12-21-6-3-4-15(21)10-23-11-21/h5,7-9,13,15,23H,3-4,6,10-12H2,1-2H3,(H2,22,25). The third kappa shape index (κ3) is 3.34. The van der Waals surface area contributed by atoms with Crippen LogP contribution in [0.5, 0.6) is 11.6 Å². The van der Waals surface area contributed by atoms with Crippen LogP contribution in [0.4, 0.5) is 0 Å². The van der Waals surface area contributed by atoms with Crippen molar-refractivity contribution in [1.29, 1.82) is 0 Å². The number of hydrogen-bond donors (Lipinski definition) is 2. The van der Waals surface area contributed by atoms with Crippen molar-refractivity contribution in [2.75, 3.05) is 19.7 Å². The van der Waals surface area contributed by atoms with E-state index in [1.54, 1.807) is 12.3 Å². The maximum atomic E-state index is 11.8. The van der Waals surface area contributed by atoms with E-state index in [4.69, 9.17) is 15.2 Å². The van der Waals surface area contributed by atoms with E-state index in [0.717, 1.165) is 23.9 Å². The summed E-state index contributed by atoms with van der Waals surface area (Å²) in [6.07, 6.45) is 5.38. The Bertz CT molecular complexity index is 855. The highest BCUT2D eigenvalue weighted by Crippen LogP contribution is 2.46. The Morgan fingerprint density at radius 3 is 3.07 bits per heavy atom. The van der Waals surface area contributed by atoms with Gasteiger partial charge in [-0.25, -0.2) is 4.98 Å². The third-order valence-electron chi connectivity index (χ3n) is 5.91. The number of primary amides is 1. The second-order valence-electron chi connectivity index (χ2n) is 8.09. The summed E-state index contributed by atoms with van der Waals surface area (Å²) in [4.78, 5) is 16.3. The minimum Gasteiger partial charge on any atom is -0.490 e. The van der Waals surface area contributed by atoms with Gasteiger partial charge in [-0.3, -0.25) is 4.79 Å². The number of amides is 1. The Labute approximate surface area is 159 Å². The van der Waals surface area contributed by atoms with Gasteiger partial charge in [0.15, 0.2) is 0 Å². The van der Waals surface area contributed by atoms with Crippen LogP contribution in [0.2, 0.25) is 0 Å². The highest BCUT2D eigenvalue weighted by molar-refractivity contribution is 6.01. The zero-order valence-corrected chi connectivity index (χ0v) is 16.0. The van der Waals surface area contributed by atoms with Crippen LogP contribution in [0, 0.1) is 11.3 Å². The number of nitrogens with one attached hydrogen (secondary N) is 1. The summed E-state index contributed by atoms with van der Waals surface area (Å²) in [5.41, 5.74) is 6.14. The minimum atomic E-state index is -0.503. The topological polar surface area (TPSA) is 86.5 Å². The van der Waals surface area contributed by atoms with Gasteiger partial charge in [0.05, 0.1) is 18.3 Å². The number of rotatable bonds is 6. The third-order valence-corrected chi connectivity index (χ3v) is 5.91. The van der Waals surface area contributed by atoms with Crippen molar-refractivity contribution in [2.45, 2.75) is 39.2 Å². The SMILES string of the molecule is CC(C)Oc1cc2c(OCC34CCCC3CNC4)nccc2cc1C(N)=O. The summed E-state index contributed by atoms with van der Waals surface area (Å²) in [7, 11) is 0. The number of carbonyl (C=O) groups excluding carboxylic acids is 1. The Kier molecular flexibility index (Phi) is 4.68. The van der Waals surface area contributed by atoms with Gasteiger partial charge in [-0.05, 0) is 62.7 Å². The lowest BCUT2D eigenvalue weighted by atomic mass is 9.82. The zero-order valence-electron chi connectivity index (χ0n) is 16.0. The van der Waals surface area contributed by atoms with Crippen molar-refractivity contribution in [3.8, 4) is 11.6 Å². The molecule has 1 saturated carbocycles. The van der Waals surface area contributed by atoms with E-state index in [1.807, 2.05) is 26.0 Å². The molecule has 6 heteroatoms. The molecule has 2 heterocycles. The lowest BCUT2D eigenvalue weighted by Gasteiger charge is -2.28. The molecule has 3 N–H and O–H groups in total. The number of hydrogen-bond acceptors (Lipinski definition) is 5. The lowest BCUT2D eigenvalue weighted by molar-refractivity contribution is 0.0994. The van der Waals surface area contributed by atoms with Gasteiger partial charge in [0.1, 0.15) is 5.75 Å². The van der Waals surface area contributed by atoms with Gasteiger partial charge in [-0.2, -0.15) is 0 Å². The van der Waals surface area contributed by atoms with Gasteiger partial charge in [-0.15, -0.1) is 0 Å². The van der Waals surface area contributed by atoms with E-state index in [-0.39, 0.29) is 11.5 Å². The van der Waals surface area contributed by atoms with Crippen LogP contribution in [-0.2, 0) is 0 Å². The molecule has 1 aliphatic carbocycles. The smallest absolute Gasteiger partial charge is 0.252 e. The van der Waals surface area contributed by atoms with Gasteiger partial charge < -0.3 is 20.5 Å². The fraction of sp³-hybridized carbons (Fsp3) is 0.524. The van der Waals surface area contributed by atoms with Crippen molar-refractivity contribution < 1.29 is 14.3 Å². The van der Waals surface area contributed by atoms with Gasteiger partial charge in [0.25, 0.3) is 5.91 Å². The number of nitrogens with zero attached hydrogens (tertiary/aromatic N) is 1. The molecule has 2 atom stereocenters. The van der Waals surface area contributed by atoms with Crippen molar-refractivity contribution in [3.05, 3.63) is 30.0 Å². The van der Waals surface area contributed by atoms with E-state index < -0.39 is 5.91 Å². The number of aromatic nitrogens is 1. The molecule has 1 saturated heterocycles. The lowest BCUT2D eigenvalue weighted by Crippen LogP contribution is -2.32. The zero-order chi connectivity index (χ0) is 19.0. The monoisotopic (exact) mass is 369 g/mol. The highest BCUT2D eigenvalue weighted by Gasteiger charge is 2.46. The van der Waals surface area contributed by atoms with Crippen LogP contribution in [0.15, 0.2) is 24.4 Å². The van der Waals surface area contributed by atoms with Gasteiger partial charge in [0, 0.05) is 23.5 Å². The van der Waals surface area contributed by atoms with Crippen LogP contribution in [-0.4, -0.2) is 36.7 Å². The van der Waals surface area contributed by atoms with E-state index in [9.17, 15) is 4.79 Å².